The van der Waals surface area contributed by atoms with E-state index < -0.39 is 0 Å². The molecule has 1 saturated heterocycles. The third-order valence-corrected chi connectivity index (χ3v) is 5.91. The number of methoxy groups -OCH3 is 1. The number of benzene rings is 2. The molecule has 0 unspecified atom stereocenters. The van der Waals surface area contributed by atoms with Crippen molar-refractivity contribution in [2.45, 2.75) is 52.3 Å². The van der Waals surface area contributed by atoms with Gasteiger partial charge in [-0.15, -0.1) is 0 Å². The van der Waals surface area contributed by atoms with Crippen molar-refractivity contribution in [3.8, 4) is 23.1 Å². The number of carbonyl (C=O) groups is 1. The lowest BCUT2D eigenvalue weighted by Gasteiger charge is -2.27. The van der Waals surface area contributed by atoms with Crippen LogP contribution >= 0.6 is 0 Å². The van der Waals surface area contributed by atoms with Crippen molar-refractivity contribution < 1.29 is 19.0 Å². The first-order chi connectivity index (χ1) is 16.9. The molecule has 1 aliphatic heterocycles. The Bertz CT molecular complexity index is 1110. The van der Waals surface area contributed by atoms with Crippen LogP contribution in [0.5, 0.6) is 17.4 Å². The molecule has 2 heterocycles. The summed E-state index contributed by atoms with van der Waals surface area (Å²) in [6.45, 7) is 7.46. The summed E-state index contributed by atoms with van der Waals surface area (Å²) in [5.74, 6) is 1.98. The van der Waals surface area contributed by atoms with Crippen LogP contribution in [0.2, 0.25) is 0 Å². The number of amides is 2. The Morgan fingerprint density at radius 2 is 1.89 bits per heavy atom. The van der Waals surface area contributed by atoms with Crippen molar-refractivity contribution in [1.82, 2.24) is 20.0 Å². The molecule has 1 aromatic heterocycles. The molecule has 1 fully saturated rings. The zero-order valence-electron chi connectivity index (χ0n) is 20.9. The summed E-state index contributed by atoms with van der Waals surface area (Å²) in [7, 11) is 1.63. The molecule has 1 aliphatic rings. The molecular weight excluding hydrogens is 444 g/mol. The van der Waals surface area contributed by atoms with E-state index in [9.17, 15) is 4.79 Å². The maximum atomic E-state index is 13.2. The monoisotopic (exact) mass is 478 g/mol. The Balaban J connectivity index is 1.70. The Labute approximate surface area is 206 Å². The van der Waals surface area contributed by atoms with Crippen molar-refractivity contribution in [1.29, 1.82) is 0 Å². The zero-order valence-corrected chi connectivity index (χ0v) is 20.9. The molecule has 2 aromatic carbocycles. The quantitative estimate of drug-likeness (QED) is 0.464. The minimum absolute atomic E-state index is 0.0256. The SMILES string of the molecule is COc1ccc(Oc2c(CN(C[C@@H]3CCCO3)C(=O)NC(C)C)c(C)nn2-c2ccccc2)cc1. The van der Waals surface area contributed by atoms with Gasteiger partial charge in [-0.3, -0.25) is 0 Å². The first-order valence-corrected chi connectivity index (χ1v) is 12.1. The molecule has 0 bridgehead atoms. The number of ether oxygens (including phenoxy) is 3. The Morgan fingerprint density at radius 1 is 1.17 bits per heavy atom. The van der Waals surface area contributed by atoms with Gasteiger partial charge in [0.2, 0.25) is 5.88 Å². The second-order valence-electron chi connectivity index (χ2n) is 9.01. The average molecular weight is 479 g/mol. The fourth-order valence-corrected chi connectivity index (χ4v) is 4.11. The summed E-state index contributed by atoms with van der Waals surface area (Å²) in [5, 5.41) is 7.82. The van der Waals surface area contributed by atoms with Crippen LogP contribution in [-0.2, 0) is 11.3 Å². The smallest absolute Gasteiger partial charge is 0.317 e. The normalized spacial score (nSPS) is 15.3. The highest BCUT2D eigenvalue weighted by atomic mass is 16.5. The Hall–Kier alpha value is -3.52. The number of hydrogen-bond donors (Lipinski definition) is 1. The molecular formula is C27H34N4O4. The maximum absolute atomic E-state index is 13.2. The number of aryl methyl sites for hydroxylation is 1. The number of aromatic nitrogens is 2. The van der Waals surface area contributed by atoms with Gasteiger partial charge in [0.05, 0.1) is 36.7 Å². The van der Waals surface area contributed by atoms with Crippen molar-refractivity contribution in [2.75, 3.05) is 20.3 Å². The third-order valence-electron chi connectivity index (χ3n) is 5.91. The van der Waals surface area contributed by atoms with E-state index in [-0.39, 0.29) is 18.2 Å². The van der Waals surface area contributed by atoms with Crippen LogP contribution in [0.15, 0.2) is 54.6 Å². The van der Waals surface area contributed by atoms with Gasteiger partial charge >= 0.3 is 6.03 Å². The van der Waals surface area contributed by atoms with Crippen molar-refractivity contribution >= 4 is 6.03 Å². The van der Waals surface area contributed by atoms with Gasteiger partial charge in [-0.1, -0.05) is 18.2 Å². The minimum atomic E-state index is -0.127. The highest BCUT2D eigenvalue weighted by Crippen LogP contribution is 2.32. The lowest BCUT2D eigenvalue weighted by molar-refractivity contribution is 0.0789. The molecule has 0 aliphatic carbocycles. The second-order valence-corrected chi connectivity index (χ2v) is 9.01. The van der Waals surface area contributed by atoms with E-state index in [1.165, 1.54) is 0 Å². The molecule has 2 amide bonds. The van der Waals surface area contributed by atoms with Crippen molar-refractivity contribution in [2.24, 2.45) is 0 Å². The molecule has 8 heteroatoms. The summed E-state index contributed by atoms with van der Waals surface area (Å²) >= 11 is 0. The number of carbonyl (C=O) groups excluding carboxylic acids is 1. The van der Waals surface area contributed by atoms with Crippen LogP contribution in [0.1, 0.15) is 37.9 Å². The zero-order chi connectivity index (χ0) is 24.8. The van der Waals surface area contributed by atoms with Crippen molar-refractivity contribution in [3.63, 3.8) is 0 Å². The predicted molar refractivity (Wildman–Crippen MR) is 134 cm³/mol. The molecule has 186 valence electrons. The van der Waals surface area contributed by atoms with Gasteiger partial charge in [0, 0.05) is 19.2 Å². The minimum Gasteiger partial charge on any atom is -0.497 e. The lowest BCUT2D eigenvalue weighted by atomic mass is 10.2. The summed E-state index contributed by atoms with van der Waals surface area (Å²) in [6, 6.07) is 17.2. The van der Waals surface area contributed by atoms with E-state index in [0.717, 1.165) is 42.1 Å². The molecule has 4 rings (SSSR count). The largest absolute Gasteiger partial charge is 0.497 e. The number of nitrogens with one attached hydrogen (secondary N) is 1. The third kappa shape index (κ3) is 6.14. The lowest BCUT2D eigenvalue weighted by Crippen LogP contribution is -2.45. The second kappa shape index (κ2) is 11.3. The van der Waals surface area contributed by atoms with Gasteiger partial charge in [0.25, 0.3) is 0 Å². The molecule has 0 radical (unpaired) electrons. The first-order valence-electron chi connectivity index (χ1n) is 12.1. The molecule has 3 aromatic rings. The summed E-state index contributed by atoms with van der Waals surface area (Å²) < 4.78 is 19.3. The first kappa shape index (κ1) is 24.6. The molecule has 8 nitrogen and oxygen atoms in total. The summed E-state index contributed by atoms with van der Waals surface area (Å²) in [6.07, 6.45) is 1.99. The number of rotatable bonds is 9. The van der Waals surface area contributed by atoms with Crippen LogP contribution < -0.4 is 14.8 Å². The number of para-hydroxylation sites is 1. The molecule has 1 N–H and O–H groups in total. The highest BCUT2D eigenvalue weighted by Gasteiger charge is 2.27. The van der Waals surface area contributed by atoms with E-state index in [2.05, 4.69) is 5.32 Å². The van der Waals surface area contributed by atoms with Crippen molar-refractivity contribution in [3.05, 3.63) is 65.9 Å². The highest BCUT2D eigenvalue weighted by molar-refractivity contribution is 5.74. The van der Waals surface area contributed by atoms with Gasteiger partial charge in [0.1, 0.15) is 11.5 Å². The van der Waals surface area contributed by atoms with E-state index in [4.69, 9.17) is 19.3 Å². The van der Waals surface area contributed by atoms with E-state index >= 15 is 0 Å². The number of nitrogens with zero attached hydrogens (tertiary/aromatic N) is 3. The van der Waals surface area contributed by atoms with Crippen LogP contribution in [0, 0.1) is 6.92 Å². The number of hydrogen-bond acceptors (Lipinski definition) is 5. The Morgan fingerprint density at radius 3 is 2.51 bits per heavy atom. The van der Waals surface area contributed by atoms with E-state index in [0.29, 0.717) is 24.7 Å². The van der Waals surface area contributed by atoms with E-state index in [1.54, 1.807) is 16.7 Å². The molecule has 35 heavy (non-hydrogen) atoms. The number of urea groups is 1. The topological polar surface area (TPSA) is 77.8 Å². The molecule has 0 spiro atoms. The fourth-order valence-electron chi connectivity index (χ4n) is 4.11. The van der Waals surface area contributed by atoms with Gasteiger partial charge in [-0.05, 0) is 70.0 Å². The van der Waals surface area contributed by atoms with Crippen LogP contribution in [0.25, 0.3) is 5.69 Å². The molecule has 0 saturated carbocycles. The van der Waals surface area contributed by atoms with Gasteiger partial charge in [-0.25, -0.2) is 9.48 Å². The Kier molecular flexibility index (Phi) is 7.92. The fraction of sp³-hybridized carbons (Fsp3) is 0.407. The van der Waals surface area contributed by atoms with Crippen LogP contribution in [0.4, 0.5) is 4.79 Å². The van der Waals surface area contributed by atoms with Crippen LogP contribution in [-0.4, -0.2) is 53.1 Å². The van der Waals surface area contributed by atoms with Crippen LogP contribution in [0.3, 0.4) is 0 Å². The van der Waals surface area contributed by atoms with Gasteiger partial charge in [0.15, 0.2) is 0 Å². The van der Waals surface area contributed by atoms with Gasteiger partial charge < -0.3 is 24.4 Å². The standard InChI is InChI=1S/C27H34N4O4/c1-19(2)28-27(32)30(17-24-11-8-16-34-24)18-25-20(3)29-31(21-9-6-5-7-10-21)26(25)35-23-14-12-22(33-4)13-15-23/h5-7,9-10,12-15,19,24H,8,11,16-18H2,1-4H3,(H,28,32)/t24-/m0/s1. The average Bonchev–Trinajstić information content (AvgIpc) is 3.48. The molecule has 1 atom stereocenters. The summed E-state index contributed by atoms with van der Waals surface area (Å²) in [5.41, 5.74) is 2.52. The summed E-state index contributed by atoms with van der Waals surface area (Å²) in [4.78, 5) is 15.0. The predicted octanol–water partition coefficient (Wildman–Crippen LogP) is 5.08. The van der Waals surface area contributed by atoms with Gasteiger partial charge in [-0.2, -0.15) is 5.10 Å². The van der Waals surface area contributed by atoms with E-state index in [1.807, 2.05) is 75.4 Å². The maximum Gasteiger partial charge on any atom is 0.317 e.